The third-order valence-electron chi connectivity index (χ3n) is 6.10. The number of anilines is 1. The monoisotopic (exact) mass is 617 g/mol. The van der Waals surface area contributed by atoms with Gasteiger partial charge < -0.3 is 39.7 Å². The zero-order chi connectivity index (χ0) is 29.1. The van der Waals surface area contributed by atoms with E-state index in [0.717, 1.165) is 11.3 Å². The second-order valence-corrected chi connectivity index (χ2v) is 13.5. The minimum Gasteiger partial charge on any atom is -0.427 e. The Labute approximate surface area is 243 Å². The van der Waals surface area contributed by atoms with E-state index >= 15 is 0 Å². The molecule has 220 valence electrons. The Morgan fingerprint density at radius 1 is 1.35 bits per heavy atom. The molecular formula is C23H31N5O9S3. The second kappa shape index (κ2) is 12.5. The maximum Gasteiger partial charge on any atom is 0.327 e. The van der Waals surface area contributed by atoms with Crippen LogP contribution in [0.3, 0.4) is 0 Å². The molecule has 0 bridgehead atoms. The van der Waals surface area contributed by atoms with Crippen LogP contribution in [-0.4, -0.2) is 107 Å². The van der Waals surface area contributed by atoms with Gasteiger partial charge in [-0.2, -0.15) is 0 Å². The Morgan fingerprint density at radius 2 is 2.12 bits per heavy atom. The van der Waals surface area contributed by atoms with Gasteiger partial charge in [0.25, 0.3) is 5.91 Å². The number of nitrogen functional groups attached to an aromatic ring is 1. The average Bonchev–Trinajstić information content (AvgIpc) is 3.60. The molecule has 14 nitrogen and oxygen atoms in total. The zero-order valence-electron chi connectivity index (χ0n) is 22.4. The molecule has 40 heavy (non-hydrogen) atoms. The van der Waals surface area contributed by atoms with E-state index in [9.17, 15) is 19.2 Å². The molecule has 3 saturated heterocycles. The van der Waals surface area contributed by atoms with Gasteiger partial charge in [0, 0.05) is 23.4 Å². The number of thioether (sulfide) groups is 2. The van der Waals surface area contributed by atoms with Crippen molar-refractivity contribution in [1.82, 2.24) is 15.2 Å². The summed E-state index contributed by atoms with van der Waals surface area (Å²) in [7, 11) is 1.29. The molecule has 3 aliphatic rings. The fourth-order valence-corrected chi connectivity index (χ4v) is 7.50. The van der Waals surface area contributed by atoms with E-state index in [4.69, 9.17) is 29.5 Å². The number of fused-ring (bicyclic) bond motifs is 1. The van der Waals surface area contributed by atoms with Crippen LogP contribution in [0.15, 0.2) is 10.5 Å². The molecule has 0 spiro atoms. The first-order valence-corrected chi connectivity index (χ1v) is 15.1. The SMILES string of the molecule is CON=C(C(=O)NC1C(=O)N2CC(SCC3COCO3)(C(=O)OCOC(=O)C(C)(C)C)CS[C@H]12)c1csc(N)n1. The molecule has 3 aliphatic heterocycles. The Hall–Kier alpha value is -2.60. The quantitative estimate of drug-likeness (QED) is 0.121. The Balaban J connectivity index is 1.42. The predicted molar refractivity (Wildman–Crippen MR) is 147 cm³/mol. The third-order valence-corrected chi connectivity index (χ3v) is 10.0. The number of carbonyl (C=O) groups excluding carboxylic acids is 4. The summed E-state index contributed by atoms with van der Waals surface area (Å²) in [4.78, 5) is 61.9. The molecule has 2 amide bonds. The topological polar surface area (TPSA) is 181 Å². The van der Waals surface area contributed by atoms with Crippen LogP contribution in [0.5, 0.6) is 0 Å². The van der Waals surface area contributed by atoms with Crippen LogP contribution < -0.4 is 11.1 Å². The number of thiazole rings is 1. The largest absolute Gasteiger partial charge is 0.427 e. The zero-order valence-corrected chi connectivity index (χ0v) is 24.8. The highest BCUT2D eigenvalue weighted by molar-refractivity contribution is 8.05. The summed E-state index contributed by atoms with van der Waals surface area (Å²) in [6.45, 7) is 5.15. The second-order valence-electron chi connectivity index (χ2n) is 10.1. The highest BCUT2D eigenvalue weighted by atomic mass is 32.2. The van der Waals surface area contributed by atoms with Crippen LogP contribution in [0.25, 0.3) is 0 Å². The predicted octanol–water partition coefficient (Wildman–Crippen LogP) is 0.411. The molecular weight excluding hydrogens is 586 g/mol. The minimum absolute atomic E-state index is 0.0435. The summed E-state index contributed by atoms with van der Waals surface area (Å²) in [6.07, 6.45) is -0.214. The van der Waals surface area contributed by atoms with Gasteiger partial charge in [0.1, 0.15) is 35.8 Å². The van der Waals surface area contributed by atoms with Crippen molar-refractivity contribution in [2.75, 3.05) is 51.1 Å². The number of hydrogen-bond donors (Lipinski definition) is 2. The van der Waals surface area contributed by atoms with Crippen molar-refractivity contribution < 1.29 is 43.0 Å². The lowest BCUT2D eigenvalue weighted by Gasteiger charge is -2.53. The number of oxime groups is 1. The van der Waals surface area contributed by atoms with Gasteiger partial charge >= 0.3 is 11.9 Å². The van der Waals surface area contributed by atoms with Crippen molar-refractivity contribution in [1.29, 1.82) is 0 Å². The van der Waals surface area contributed by atoms with E-state index in [1.807, 2.05) is 0 Å². The average molecular weight is 618 g/mol. The molecule has 17 heteroatoms. The molecule has 0 radical (unpaired) electrons. The summed E-state index contributed by atoms with van der Waals surface area (Å²) in [5, 5.41) is 7.85. The number of nitrogens with one attached hydrogen (secondary N) is 1. The van der Waals surface area contributed by atoms with Gasteiger partial charge in [0.2, 0.25) is 12.7 Å². The number of carbonyl (C=O) groups is 4. The first-order valence-electron chi connectivity index (χ1n) is 12.2. The lowest BCUT2D eigenvalue weighted by molar-refractivity contribution is -0.175. The summed E-state index contributed by atoms with van der Waals surface area (Å²) < 4.78 is 20.1. The molecule has 3 N–H and O–H groups in total. The van der Waals surface area contributed by atoms with E-state index in [1.165, 1.54) is 35.5 Å². The molecule has 4 heterocycles. The maximum atomic E-state index is 13.3. The summed E-state index contributed by atoms with van der Waals surface area (Å²) >= 11 is 3.78. The molecule has 0 saturated carbocycles. The highest BCUT2D eigenvalue weighted by Crippen LogP contribution is 2.45. The number of ether oxygens (including phenoxy) is 4. The number of hydrogen-bond acceptors (Lipinski definition) is 15. The van der Waals surface area contributed by atoms with Crippen LogP contribution in [0.1, 0.15) is 26.5 Å². The van der Waals surface area contributed by atoms with E-state index in [0.29, 0.717) is 12.4 Å². The van der Waals surface area contributed by atoms with Gasteiger partial charge in [-0.3, -0.25) is 19.2 Å². The van der Waals surface area contributed by atoms with E-state index in [-0.39, 0.29) is 47.6 Å². The van der Waals surface area contributed by atoms with E-state index in [1.54, 1.807) is 26.2 Å². The molecule has 4 rings (SSSR count). The molecule has 4 atom stereocenters. The highest BCUT2D eigenvalue weighted by Gasteiger charge is 2.58. The number of β-lactam (4-membered cyclic amide) rings is 1. The van der Waals surface area contributed by atoms with Gasteiger partial charge in [-0.15, -0.1) is 34.9 Å². The summed E-state index contributed by atoms with van der Waals surface area (Å²) in [5.41, 5.74) is 5.04. The standard InChI is InChI=1S/C23H31N5O9S3/c1-22(2,3)19(31)36-11-37-20(32)23(40-6-12-5-34-10-35-12)8-28-17(30)15(18(28)39-9-23)26-16(29)14(27-33-4)13-7-38-21(24)25-13/h7,12,15,18H,5-6,8-11H2,1-4H3,(H2,24,25)(H,26,29)/t12?,15?,18-,23?/m1/s1. The Kier molecular flexibility index (Phi) is 9.49. The van der Waals surface area contributed by atoms with Crippen molar-refractivity contribution in [3.8, 4) is 0 Å². The number of nitrogens with zero attached hydrogens (tertiary/aromatic N) is 3. The van der Waals surface area contributed by atoms with Crippen molar-refractivity contribution >= 4 is 69.5 Å². The van der Waals surface area contributed by atoms with Crippen molar-refractivity contribution in [3.63, 3.8) is 0 Å². The molecule has 3 fully saturated rings. The van der Waals surface area contributed by atoms with Crippen LogP contribution in [-0.2, 0) is 43.0 Å². The minimum atomic E-state index is -1.15. The molecule has 0 aliphatic carbocycles. The van der Waals surface area contributed by atoms with Gasteiger partial charge in [0.15, 0.2) is 10.8 Å². The van der Waals surface area contributed by atoms with E-state index < -0.39 is 46.2 Å². The smallest absolute Gasteiger partial charge is 0.327 e. The summed E-state index contributed by atoms with van der Waals surface area (Å²) in [6, 6.07) is -0.839. The molecule has 3 unspecified atom stereocenters. The van der Waals surface area contributed by atoms with Crippen LogP contribution in [0, 0.1) is 5.41 Å². The molecule has 0 aromatic carbocycles. The van der Waals surface area contributed by atoms with Crippen molar-refractivity contribution in [2.24, 2.45) is 10.6 Å². The lowest BCUT2D eigenvalue weighted by atomic mass is 9.98. The number of rotatable bonds is 10. The number of aromatic nitrogens is 1. The number of esters is 2. The fourth-order valence-electron chi connectivity index (χ4n) is 3.93. The van der Waals surface area contributed by atoms with Gasteiger partial charge in [0.05, 0.1) is 18.1 Å². The Bertz CT molecular complexity index is 1170. The Morgan fingerprint density at radius 3 is 2.75 bits per heavy atom. The normalized spacial score (nSPS) is 26.5. The first kappa shape index (κ1) is 30.4. The van der Waals surface area contributed by atoms with Crippen molar-refractivity contribution in [2.45, 2.75) is 43.0 Å². The van der Waals surface area contributed by atoms with Gasteiger partial charge in [-0.1, -0.05) is 5.16 Å². The summed E-state index contributed by atoms with van der Waals surface area (Å²) in [5.74, 6) is -1.42. The lowest BCUT2D eigenvalue weighted by Crippen LogP contribution is -2.75. The maximum absolute atomic E-state index is 13.3. The van der Waals surface area contributed by atoms with Crippen LogP contribution >= 0.6 is 34.9 Å². The van der Waals surface area contributed by atoms with Crippen molar-refractivity contribution in [3.05, 3.63) is 11.1 Å². The first-order chi connectivity index (χ1) is 18.9. The van der Waals surface area contributed by atoms with Crippen LogP contribution in [0.2, 0.25) is 0 Å². The number of nitrogens with two attached hydrogens (primary N) is 1. The molecule has 1 aromatic heterocycles. The fraction of sp³-hybridized carbons (Fsp3) is 0.652. The van der Waals surface area contributed by atoms with Gasteiger partial charge in [-0.05, 0) is 20.8 Å². The number of amides is 2. The van der Waals surface area contributed by atoms with Crippen LogP contribution in [0.4, 0.5) is 5.13 Å². The molecule has 1 aromatic rings. The van der Waals surface area contributed by atoms with Gasteiger partial charge in [-0.25, -0.2) is 4.98 Å². The third kappa shape index (κ3) is 6.64. The van der Waals surface area contributed by atoms with E-state index in [2.05, 4.69) is 15.5 Å².